The number of nitrogens with zero attached hydrogens (tertiary/aromatic N) is 5. The minimum Gasteiger partial charge on any atom is -0.311 e. The van der Waals surface area contributed by atoms with Crippen LogP contribution in [-0.2, 0) is 11.3 Å². The molecule has 0 radical (unpaired) electrons. The van der Waals surface area contributed by atoms with Crippen molar-refractivity contribution in [3.63, 3.8) is 0 Å². The van der Waals surface area contributed by atoms with Gasteiger partial charge in [-0.05, 0) is 56.5 Å². The van der Waals surface area contributed by atoms with Crippen LogP contribution in [-0.4, -0.2) is 33.0 Å². The van der Waals surface area contributed by atoms with Crippen molar-refractivity contribution in [1.29, 1.82) is 5.26 Å². The van der Waals surface area contributed by atoms with E-state index in [9.17, 15) is 4.79 Å². The van der Waals surface area contributed by atoms with Gasteiger partial charge in [0.1, 0.15) is 0 Å². The first-order valence-electron chi connectivity index (χ1n) is 10.8. The topological polar surface area (TPSA) is 74.8 Å². The number of nitriles is 1. The Bertz CT molecular complexity index is 1130. The summed E-state index contributed by atoms with van der Waals surface area (Å²) in [6.45, 7) is 9.39. The summed E-state index contributed by atoms with van der Waals surface area (Å²) in [6.07, 6.45) is 1.22. The summed E-state index contributed by atoms with van der Waals surface area (Å²) in [5.41, 5.74) is 5.31. The van der Waals surface area contributed by atoms with Crippen LogP contribution in [0.4, 0.5) is 5.69 Å². The number of thioether (sulfide) groups is 1. The number of benzene rings is 2. The lowest BCUT2D eigenvalue weighted by molar-refractivity contribution is -0.116. The zero-order valence-electron chi connectivity index (χ0n) is 19.1. The number of hydrogen-bond acceptors (Lipinski definition) is 5. The van der Waals surface area contributed by atoms with E-state index in [0.29, 0.717) is 6.54 Å². The number of anilines is 1. The smallest absolute Gasteiger partial charge is 0.237 e. The van der Waals surface area contributed by atoms with E-state index >= 15 is 0 Å². The molecule has 1 aromatic heterocycles. The molecule has 0 aliphatic heterocycles. The first-order chi connectivity index (χ1) is 15.4. The molecule has 1 heterocycles. The Morgan fingerprint density at radius 3 is 2.62 bits per heavy atom. The van der Waals surface area contributed by atoms with Gasteiger partial charge >= 0.3 is 0 Å². The summed E-state index contributed by atoms with van der Waals surface area (Å²) in [5, 5.41) is 18.6. The summed E-state index contributed by atoms with van der Waals surface area (Å²) < 4.78 is 2.09. The van der Waals surface area contributed by atoms with Gasteiger partial charge in [-0.3, -0.25) is 4.79 Å². The van der Waals surface area contributed by atoms with Gasteiger partial charge in [0.05, 0.1) is 18.2 Å². The van der Waals surface area contributed by atoms with Crippen molar-refractivity contribution in [3.8, 4) is 17.5 Å². The lowest BCUT2D eigenvalue weighted by Crippen LogP contribution is -2.33. The third kappa shape index (κ3) is 5.57. The molecule has 0 atom stereocenters. The zero-order chi connectivity index (χ0) is 23.1. The van der Waals surface area contributed by atoms with E-state index in [1.807, 2.05) is 44.2 Å². The lowest BCUT2D eigenvalue weighted by atomic mass is 10.1. The van der Waals surface area contributed by atoms with E-state index in [1.165, 1.54) is 22.9 Å². The molecule has 1 amide bonds. The zero-order valence-corrected chi connectivity index (χ0v) is 19.9. The Morgan fingerprint density at radius 1 is 1.12 bits per heavy atom. The molecule has 3 rings (SSSR count). The van der Waals surface area contributed by atoms with Gasteiger partial charge in [0, 0.05) is 24.3 Å². The van der Waals surface area contributed by atoms with Crippen LogP contribution in [0.3, 0.4) is 0 Å². The fraction of sp³-hybridized carbons (Fsp3) is 0.360. The maximum atomic E-state index is 13.1. The number of carbonyl (C=O) groups is 1. The molecule has 32 heavy (non-hydrogen) atoms. The van der Waals surface area contributed by atoms with Crippen LogP contribution < -0.4 is 4.90 Å². The molecule has 0 unspecified atom stereocenters. The number of amides is 1. The lowest BCUT2D eigenvalue weighted by Gasteiger charge is -2.22. The van der Waals surface area contributed by atoms with Crippen molar-refractivity contribution < 1.29 is 4.79 Å². The number of carbonyl (C=O) groups excluding carboxylic acids is 1. The molecule has 0 aliphatic rings. The molecule has 0 saturated heterocycles. The van der Waals surface area contributed by atoms with Crippen LogP contribution in [0.15, 0.2) is 47.6 Å². The van der Waals surface area contributed by atoms with Gasteiger partial charge in [0.25, 0.3) is 0 Å². The standard InChI is InChI=1S/C25H29N5OS/c1-5-13-30-24(21-9-6-8-18(2)15-21)27-28-25(30)32-17-23(31)29(14-7-12-26)22-11-10-19(3)20(4)16-22/h6,8-11,15-16H,5,7,13-14,17H2,1-4H3. The predicted octanol–water partition coefficient (Wildman–Crippen LogP) is 5.32. The Labute approximate surface area is 194 Å². The Hall–Kier alpha value is -3.11. The van der Waals surface area contributed by atoms with Crippen molar-refractivity contribution in [1.82, 2.24) is 14.8 Å². The highest BCUT2D eigenvalue weighted by molar-refractivity contribution is 7.99. The minimum absolute atomic E-state index is 0.0448. The molecule has 3 aromatic rings. The normalized spacial score (nSPS) is 10.7. The predicted molar refractivity (Wildman–Crippen MR) is 130 cm³/mol. The van der Waals surface area contributed by atoms with E-state index in [0.717, 1.165) is 40.8 Å². The van der Waals surface area contributed by atoms with Crippen LogP contribution in [0.2, 0.25) is 0 Å². The summed E-state index contributed by atoms with van der Waals surface area (Å²) >= 11 is 1.39. The van der Waals surface area contributed by atoms with Crippen LogP contribution >= 0.6 is 11.8 Å². The van der Waals surface area contributed by atoms with Gasteiger partial charge in [0.15, 0.2) is 11.0 Å². The first kappa shape index (κ1) is 23.6. The molecule has 2 aromatic carbocycles. The number of aryl methyl sites for hydroxylation is 3. The molecular weight excluding hydrogens is 418 g/mol. The maximum Gasteiger partial charge on any atom is 0.237 e. The summed E-state index contributed by atoms with van der Waals surface area (Å²) in [5.74, 6) is 1.01. The molecule has 0 N–H and O–H groups in total. The second kappa shape index (κ2) is 11.0. The molecule has 0 saturated carbocycles. The number of hydrogen-bond donors (Lipinski definition) is 0. The molecule has 7 heteroatoms. The van der Waals surface area contributed by atoms with Crippen LogP contribution in [0.5, 0.6) is 0 Å². The van der Waals surface area contributed by atoms with Crippen molar-refractivity contribution >= 4 is 23.4 Å². The summed E-state index contributed by atoms with van der Waals surface area (Å²) in [4.78, 5) is 14.8. The van der Waals surface area contributed by atoms with Crippen LogP contribution in [0.1, 0.15) is 36.5 Å². The summed E-state index contributed by atoms with van der Waals surface area (Å²) in [6, 6.07) is 16.3. The second-order valence-corrected chi connectivity index (χ2v) is 8.78. The minimum atomic E-state index is -0.0448. The van der Waals surface area contributed by atoms with Crippen molar-refractivity contribution in [2.24, 2.45) is 0 Å². The highest BCUT2D eigenvalue weighted by Crippen LogP contribution is 2.26. The van der Waals surface area contributed by atoms with Gasteiger partial charge in [-0.15, -0.1) is 10.2 Å². The third-order valence-electron chi connectivity index (χ3n) is 5.32. The van der Waals surface area contributed by atoms with Gasteiger partial charge < -0.3 is 9.47 Å². The van der Waals surface area contributed by atoms with Crippen molar-refractivity contribution in [2.75, 3.05) is 17.2 Å². The van der Waals surface area contributed by atoms with Crippen LogP contribution in [0, 0.1) is 32.1 Å². The largest absolute Gasteiger partial charge is 0.311 e. The third-order valence-corrected chi connectivity index (χ3v) is 6.27. The van der Waals surface area contributed by atoms with E-state index in [-0.39, 0.29) is 18.1 Å². The fourth-order valence-corrected chi connectivity index (χ4v) is 4.32. The van der Waals surface area contributed by atoms with Gasteiger partial charge in [-0.2, -0.15) is 5.26 Å². The molecule has 0 spiro atoms. The van der Waals surface area contributed by atoms with E-state index in [2.05, 4.69) is 46.8 Å². The molecule has 6 nitrogen and oxygen atoms in total. The van der Waals surface area contributed by atoms with Crippen LogP contribution in [0.25, 0.3) is 11.4 Å². The molecule has 0 bridgehead atoms. The quantitative estimate of drug-likeness (QED) is 0.415. The molecular formula is C25H29N5OS. The van der Waals surface area contributed by atoms with Crippen molar-refractivity contribution in [2.45, 2.75) is 52.2 Å². The average molecular weight is 448 g/mol. The number of rotatable bonds is 9. The van der Waals surface area contributed by atoms with E-state index < -0.39 is 0 Å². The maximum absolute atomic E-state index is 13.1. The average Bonchev–Trinajstić information content (AvgIpc) is 3.17. The SMILES string of the molecule is CCCn1c(SCC(=O)N(CCC#N)c2ccc(C)c(C)c2)nnc1-c1cccc(C)c1. The van der Waals surface area contributed by atoms with E-state index in [4.69, 9.17) is 5.26 Å². The monoisotopic (exact) mass is 447 g/mol. The number of aromatic nitrogens is 3. The Kier molecular flexibility index (Phi) is 8.07. The van der Waals surface area contributed by atoms with Crippen molar-refractivity contribution in [3.05, 3.63) is 59.2 Å². The highest BCUT2D eigenvalue weighted by Gasteiger charge is 2.20. The molecule has 166 valence electrons. The Morgan fingerprint density at radius 2 is 1.94 bits per heavy atom. The van der Waals surface area contributed by atoms with Gasteiger partial charge in [-0.1, -0.05) is 48.5 Å². The highest BCUT2D eigenvalue weighted by atomic mass is 32.2. The molecule has 0 aliphatic carbocycles. The summed E-state index contributed by atoms with van der Waals surface area (Å²) in [7, 11) is 0. The Balaban J connectivity index is 1.81. The first-order valence-corrected chi connectivity index (χ1v) is 11.8. The fourth-order valence-electron chi connectivity index (χ4n) is 3.48. The van der Waals surface area contributed by atoms with Gasteiger partial charge in [0.2, 0.25) is 5.91 Å². The molecule has 0 fully saturated rings. The van der Waals surface area contributed by atoms with E-state index in [1.54, 1.807) is 4.90 Å². The second-order valence-electron chi connectivity index (χ2n) is 7.84. The van der Waals surface area contributed by atoms with Gasteiger partial charge in [-0.25, -0.2) is 0 Å².